The second kappa shape index (κ2) is 10.8. The minimum Gasteiger partial charge on any atom is -0.456 e. The molecule has 0 spiro atoms. The van der Waals surface area contributed by atoms with E-state index in [9.17, 15) is 0 Å². The number of fused-ring (bicyclic) bond motifs is 9. The summed E-state index contributed by atoms with van der Waals surface area (Å²) in [4.78, 5) is 0. The number of nitrogens with zero attached hydrogens (tertiary/aromatic N) is 2. The van der Waals surface area contributed by atoms with Crippen LogP contribution in [0.1, 0.15) is 0 Å². The highest BCUT2D eigenvalue weighted by atomic mass is 16.3. The normalized spacial score (nSPS) is 11.9. The molecular weight excluding hydrogens is 621 g/mol. The van der Waals surface area contributed by atoms with Gasteiger partial charge in [0.1, 0.15) is 11.2 Å². The van der Waals surface area contributed by atoms with Gasteiger partial charge in [-0.15, -0.1) is 0 Å². The molecule has 0 radical (unpaired) electrons. The van der Waals surface area contributed by atoms with Crippen molar-refractivity contribution in [3.8, 4) is 33.6 Å². The van der Waals surface area contributed by atoms with Crippen LogP contribution in [0.2, 0.25) is 0 Å². The molecule has 0 aliphatic carbocycles. The third-order valence-corrected chi connectivity index (χ3v) is 10.5. The van der Waals surface area contributed by atoms with Crippen molar-refractivity contribution in [2.75, 3.05) is 0 Å². The minimum absolute atomic E-state index is 0.901. The fourth-order valence-electron chi connectivity index (χ4n) is 8.29. The van der Waals surface area contributed by atoms with Gasteiger partial charge in [-0.3, -0.25) is 0 Å². The molecule has 0 saturated carbocycles. The molecule has 238 valence electrons. The summed E-state index contributed by atoms with van der Waals surface area (Å²) in [6.45, 7) is 0. The molecule has 3 aromatic heterocycles. The molecule has 11 rings (SSSR count). The van der Waals surface area contributed by atoms with Gasteiger partial charge in [0.15, 0.2) is 0 Å². The van der Waals surface area contributed by atoms with Crippen LogP contribution in [0.5, 0.6) is 0 Å². The summed E-state index contributed by atoms with van der Waals surface area (Å²) in [5, 5.41) is 7.25. The summed E-state index contributed by atoms with van der Waals surface area (Å²) >= 11 is 0. The fraction of sp³-hybridized carbons (Fsp3) is 0. The van der Waals surface area contributed by atoms with Crippen molar-refractivity contribution in [3.05, 3.63) is 182 Å². The first-order chi connectivity index (χ1) is 25.3. The molecule has 3 heterocycles. The topological polar surface area (TPSA) is 23.0 Å². The Kier molecular flexibility index (Phi) is 5.96. The van der Waals surface area contributed by atoms with Crippen molar-refractivity contribution in [2.24, 2.45) is 0 Å². The number of benzene rings is 8. The Bertz CT molecular complexity index is 3070. The van der Waals surface area contributed by atoms with Crippen LogP contribution in [0.15, 0.2) is 186 Å². The molecule has 0 saturated heterocycles. The first-order valence-corrected chi connectivity index (χ1v) is 17.4. The van der Waals surface area contributed by atoms with Crippen LogP contribution in [0.4, 0.5) is 0 Å². The molecule has 0 amide bonds. The highest BCUT2D eigenvalue weighted by molar-refractivity contribution is 6.17. The number of para-hydroxylation sites is 5. The highest BCUT2D eigenvalue weighted by Gasteiger charge is 2.20. The summed E-state index contributed by atoms with van der Waals surface area (Å²) in [5.74, 6) is 0. The van der Waals surface area contributed by atoms with Crippen molar-refractivity contribution in [3.63, 3.8) is 0 Å². The summed E-state index contributed by atoms with van der Waals surface area (Å²) in [6.07, 6.45) is 0. The SMILES string of the molecule is c1ccc(-c2cccc(-c3ccc(-n4c5ccccc5c5cc6c(cc54)oc4ccccc46)cc3)c2-n2c3ccccc3c3ccccc32)cc1. The van der Waals surface area contributed by atoms with E-state index in [1.165, 1.54) is 60.5 Å². The Hall–Kier alpha value is -6.84. The fourth-order valence-corrected chi connectivity index (χ4v) is 8.29. The largest absolute Gasteiger partial charge is 0.456 e. The second-order valence-corrected chi connectivity index (χ2v) is 13.3. The lowest BCUT2D eigenvalue weighted by Gasteiger charge is -2.19. The van der Waals surface area contributed by atoms with Gasteiger partial charge in [0.25, 0.3) is 0 Å². The molecule has 0 aliphatic heterocycles. The van der Waals surface area contributed by atoms with E-state index in [0.717, 1.165) is 38.7 Å². The average molecular weight is 651 g/mol. The van der Waals surface area contributed by atoms with Crippen molar-refractivity contribution in [1.29, 1.82) is 0 Å². The standard InChI is InChI=1S/C48H30N2O/c1-2-13-31(14-3-1)34-19-12-20-35(48(34)50-43-22-9-4-15-36(43)37-16-5-10-23-44(37)50)32-25-27-33(28-26-32)49-42-21-8-6-17-38(42)40-29-41-39-18-7-11-24-46(39)51-47(41)30-45(40)49/h1-30H. The predicted octanol–water partition coefficient (Wildman–Crippen LogP) is 13.1. The van der Waals surface area contributed by atoms with Crippen LogP contribution in [0, 0.1) is 0 Å². The van der Waals surface area contributed by atoms with Crippen molar-refractivity contribution in [1.82, 2.24) is 9.13 Å². The van der Waals surface area contributed by atoms with Crippen molar-refractivity contribution < 1.29 is 4.42 Å². The third kappa shape index (κ3) is 4.12. The van der Waals surface area contributed by atoms with Gasteiger partial charge in [-0.25, -0.2) is 0 Å². The van der Waals surface area contributed by atoms with Gasteiger partial charge in [-0.2, -0.15) is 0 Å². The molecule has 0 unspecified atom stereocenters. The summed E-state index contributed by atoms with van der Waals surface area (Å²) in [7, 11) is 0. The molecule has 0 aliphatic rings. The smallest absolute Gasteiger partial charge is 0.137 e. The van der Waals surface area contributed by atoms with E-state index in [1.54, 1.807) is 0 Å². The molecule has 3 heteroatoms. The van der Waals surface area contributed by atoms with Gasteiger partial charge in [0.05, 0.1) is 27.8 Å². The maximum Gasteiger partial charge on any atom is 0.137 e. The average Bonchev–Trinajstić information content (AvgIpc) is 3.84. The zero-order valence-corrected chi connectivity index (χ0v) is 27.6. The number of rotatable bonds is 4. The van der Waals surface area contributed by atoms with Gasteiger partial charge in [0.2, 0.25) is 0 Å². The molecule has 51 heavy (non-hydrogen) atoms. The van der Waals surface area contributed by atoms with E-state index in [4.69, 9.17) is 4.42 Å². The lowest BCUT2D eigenvalue weighted by Crippen LogP contribution is -2.01. The van der Waals surface area contributed by atoms with E-state index in [2.05, 4.69) is 179 Å². The molecule has 8 aromatic carbocycles. The molecule has 11 aromatic rings. The summed E-state index contributed by atoms with van der Waals surface area (Å²) < 4.78 is 11.2. The van der Waals surface area contributed by atoms with Crippen molar-refractivity contribution in [2.45, 2.75) is 0 Å². The first kappa shape index (κ1) is 28.0. The molecule has 0 atom stereocenters. The maximum absolute atomic E-state index is 6.37. The van der Waals surface area contributed by atoms with E-state index in [1.807, 2.05) is 12.1 Å². The lowest BCUT2D eigenvalue weighted by molar-refractivity contribution is 0.669. The molecular formula is C48H30N2O. The number of hydrogen-bond acceptors (Lipinski definition) is 1. The zero-order valence-electron chi connectivity index (χ0n) is 27.6. The van der Waals surface area contributed by atoms with E-state index in [0.29, 0.717) is 0 Å². The Balaban J connectivity index is 1.14. The van der Waals surface area contributed by atoms with Gasteiger partial charge in [-0.1, -0.05) is 133 Å². The van der Waals surface area contributed by atoms with E-state index < -0.39 is 0 Å². The van der Waals surface area contributed by atoms with Crippen LogP contribution in [-0.2, 0) is 0 Å². The van der Waals surface area contributed by atoms with Gasteiger partial charge >= 0.3 is 0 Å². The monoisotopic (exact) mass is 650 g/mol. The molecule has 0 bridgehead atoms. The Labute approximate surface area is 293 Å². The van der Waals surface area contributed by atoms with E-state index in [-0.39, 0.29) is 0 Å². The number of aromatic nitrogens is 2. The Morgan fingerprint density at radius 2 is 0.843 bits per heavy atom. The third-order valence-electron chi connectivity index (χ3n) is 10.5. The van der Waals surface area contributed by atoms with Crippen molar-refractivity contribution >= 4 is 65.6 Å². The molecule has 3 nitrogen and oxygen atoms in total. The number of furan rings is 1. The predicted molar refractivity (Wildman–Crippen MR) is 213 cm³/mol. The van der Waals surface area contributed by atoms with E-state index >= 15 is 0 Å². The zero-order chi connectivity index (χ0) is 33.5. The van der Waals surface area contributed by atoms with Crippen LogP contribution in [-0.4, -0.2) is 9.13 Å². The second-order valence-electron chi connectivity index (χ2n) is 13.3. The minimum atomic E-state index is 0.901. The van der Waals surface area contributed by atoms with Crippen LogP contribution in [0.3, 0.4) is 0 Å². The van der Waals surface area contributed by atoms with Gasteiger partial charge in [-0.05, 0) is 53.6 Å². The summed E-state index contributed by atoms with van der Waals surface area (Å²) in [6, 6.07) is 65.5. The Morgan fingerprint density at radius 1 is 0.314 bits per heavy atom. The van der Waals surface area contributed by atoms with Crippen LogP contribution < -0.4 is 0 Å². The molecule has 0 N–H and O–H groups in total. The van der Waals surface area contributed by atoms with Crippen LogP contribution in [0.25, 0.3) is 99.2 Å². The highest BCUT2D eigenvalue weighted by Crippen LogP contribution is 2.42. The van der Waals surface area contributed by atoms with Gasteiger partial charge < -0.3 is 13.6 Å². The number of hydrogen-bond donors (Lipinski definition) is 0. The summed E-state index contributed by atoms with van der Waals surface area (Å²) in [5.41, 5.74) is 13.5. The van der Waals surface area contributed by atoms with Crippen LogP contribution >= 0.6 is 0 Å². The Morgan fingerprint density at radius 3 is 1.51 bits per heavy atom. The van der Waals surface area contributed by atoms with Gasteiger partial charge in [0, 0.05) is 55.2 Å². The maximum atomic E-state index is 6.37. The quantitative estimate of drug-likeness (QED) is 0.186. The lowest BCUT2D eigenvalue weighted by atomic mass is 9.95. The first-order valence-electron chi connectivity index (χ1n) is 17.4. The molecule has 0 fully saturated rings.